The number of amides is 1. The molecule has 2 bridgehead atoms. The Bertz CT molecular complexity index is 1990. The van der Waals surface area contributed by atoms with Crippen LogP contribution < -0.4 is 10.6 Å². The van der Waals surface area contributed by atoms with Gasteiger partial charge in [0, 0.05) is 52.4 Å². The molecule has 3 fully saturated rings. The summed E-state index contributed by atoms with van der Waals surface area (Å²) in [7, 11) is 4.67. The SMILES string of the molecule is CO[C@H]1C(=O)[C@H](C)C[C@H](C)/C=C/C=C/C=C(\C)C(NC(=N)NC(=N)N(C)C)C[C@@H]2CC[C@@H](C)[C@@](O)(O2)C(=O)C(=O)N2CCCC[C@H]2C(=O)O[C@H]([C@H](C)CC2CC[C@@H](O)[C@H](O)C2)CC(=O)C/C=C(\C)[C@H]1O. The molecule has 0 aromatic carbocycles. The maximum absolute atomic E-state index is 14.4. The van der Waals surface area contributed by atoms with Gasteiger partial charge in [-0.05, 0) is 108 Å². The number of hydrogen-bond acceptors (Lipinski definition) is 14. The van der Waals surface area contributed by atoms with Crippen molar-refractivity contribution in [2.75, 3.05) is 27.7 Å². The zero-order valence-corrected chi connectivity index (χ0v) is 42.8. The number of ketones is 3. The standard InChI is InChI=1S/C52H82N6O12/c1-30-15-11-10-12-16-31(2)39(55-50(53)56-51(54)57(7)8)29-38-22-19-35(6)52(67,70-38)47(64)48(65)58-24-14-13-17-40(58)49(66)69-43(33(4)26-36-20-23-41(60)42(61)27-36)28-37(59)21-18-32(3)44(62)46(68-9)45(63)34(5)25-30/h10-12,15-16,18,30,33-36,38-44,46,60-62,67H,13-14,17,19-29H2,1-9H3,(H4,53,54,55,56)/b12-10+,15-11+,31-16+,32-18+/t30-,33-,34-,35-,36?,38+,39?,40+,41-,42-,43+,44-,46-,52-/m1/s1. The van der Waals surface area contributed by atoms with Crippen molar-refractivity contribution in [1.82, 2.24) is 20.4 Å². The Morgan fingerprint density at radius 1 is 0.929 bits per heavy atom. The maximum Gasteiger partial charge on any atom is 0.329 e. The van der Waals surface area contributed by atoms with Gasteiger partial charge in [-0.25, -0.2) is 4.79 Å². The number of aliphatic hydroxyl groups is 4. The Labute approximate surface area is 414 Å². The predicted molar refractivity (Wildman–Crippen MR) is 264 cm³/mol. The summed E-state index contributed by atoms with van der Waals surface area (Å²) < 4.78 is 17.9. The molecule has 392 valence electrons. The van der Waals surface area contributed by atoms with Crippen LogP contribution in [0.5, 0.6) is 0 Å². The van der Waals surface area contributed by atoms with Gasteiger partial charge in [0.25, 0.3) is 11.7 Å². The number of esters is 1. The Kier molecular flexibility index (Phi) is 22.2. The van der Waals surface area contributed by atoms with Crippen LogP contribution in [0.4, 0.5) is 0 Å². The number of cyclic esters (lactones) is 1. The van der Waals surface area contributed by atoms with Crippen molar-refractivity contribution in [2.45, 2.75) is 180 Å². The van der Waals surface area contributed by atoms with Crippen molar-refractivity contribution in [3.63, 3.8) is 0 Å². The van der Waals surface area contributed by atoms with Crippen LogP contribution in [0, 0.1) is 40.4 Å². The summed E-state index contributed by atoms with van der Waals surface area (Å²) in [6, 6.07) is -1.80. The first-order valence-electron chi connectivity index (χ1n) is 25.1. The number of Topliss-reactive ketones (excluding diaryl/α,β-unsaturated/α-hetero) is 3. The van der Waals surface area contributed by atoms with E-state index in [0.717, 1.165) is 10.5 Å². The van der Waals surface area contributed by atoms with Crippen molar-refractivity contribution in [2.24, 2.45) is 29.6 Å². The highest BCUT2D eigenvalue weighted by atomic mass is 16.6. The second kappa shape index (κ2) is 26.7. The van der Waals surface area contributed by atoms with Crippen LogP contribution in [-0.2, 0) is 38.2 Å². The average molecular weight is 983 g/mol. The smallest absolute Gasteiger partial charge is 0.329 e. The summed E-state index contributed by atoms with van der Waals surface area (Å²) in [4.78, 5) is 73.2. The molecule has 18 nitrogen and oxygen atoms in total. The summed E-state index contributed by atoms with van der Waals surface area (Å²) in [6.45, 7) is 10.7. The van der Waals surface area contributed by atoms with E-state index in [1.54, 1.807) is 34.9 Å². The maximum atomic E-state index is 14.4. The summed E-state index contributed by atoms with van der Waals surface area (Å²) in [5.74, 6) is -8.23. The lowest BCUT2D eigenvalue weighted by atomic mass is 9.79. The van der Waals surface area contributed by atoms with Gasteiger partial charge in [-0.2, -0.15) is 0 Å². The molecule has 0 aromatic heterocycles. The molecule has 2 saturated heterocycles. The lowest BCUT2D eigenvalue weighted by molar-refractivity contribution is -0.264. The third kappa shape index (κ3) is 16.0. The van der Waals surface area contributed by atoms with E-state index in [0.29, 0.717) is 63.4 Å². The third-order valence-corrected chi connectivity index (χ3v) is 14.6. The summed E-state index contributed by atoms with van der Waals surface area (Å²) in [6.07, 6.45) is 8.80. The molecule has 0 spiro atoms. The first kappa shape index (κ1) is 58.0. The normalized spacial score (nSPS) is 37.0. The molecule has 2 unspecified atom stereocenters. The van der Waals surface area contributed by atoms with E-state index < -0.39 is 89.9 Å². The minimum Gasteiger partial charge on any atom is -0.460 e. The number of rotatable bonds is 5. The van der Waals surface area contributed by atoms with Gasteiger partial charge in [0.15, 0.2) is 17.7 Å². The van der Waals surface area contributed by atoms with Crippen molar-refractivity contribution in [3.05, 3.63) is 47.6 Å². The molecule has 1 amide bonds. The number of carbonyl (C=O) groups is 5. The van der Waals surface area contributed by atoms with Gasteiger partial charge in [-0.1, -0.05) is 69.7 Å². The molecule has 3 aliphatic heterocycles. The fraction of sp³-hybridized carbons (Fsp3) is 0.712. The van der Waals surface area contributed by atoms with Crippen LogP contribution in [0.1, 0.15) is 125 Å². The zero-order valence-electron chi connectivity index (χ0n) is 42.8. The van der Waals surface area contributed by atoms with Gasteiger partial charge >= 0.3 is 5.97 Å². The first-order valence-corrected chi connectivity index (χ1v) is 25.1. The number of carbonyl (C=O) groups excluding carboxylic acids is 5. The minimum absolute atomic E-state index is 0.0317. The van der Waals surface area contributed by atoms with Crippen molar-refractivity contribution >= 4 is 41.1 Å². The third-order valence-electron chi connectivity index (χ3n) is 14.6. The highest BCUT2D eigenvalue weighted by Crippen LogP contribution is 2.37. The Balaban J connectivity index is 1.72. The summed E-state index contributed by atoms with van der Waals surface area (Å²) in [5.41, 5.74) is 1.11. The number of aliphatic hydroxyl groups excluding tert-OH is 3. The minimum atomic E-state index is -2.54. The Morgan fingerprint density at radius 2 is 1.64 bits per heavy atom. The van der Waals surface area contributed by atoms with E-state index in [2.05, 4.69) is 10.6 Å². The van der Waals surface area contributed by atoms with Crippen molar-refractivity contribution in [1.29, 1.82) is 10.8 Å². The van der Waals surface area contributed by atoms with E-state index in [1.165, 1.54) is 18.1 Å². The van der Waals surface area contributed by atoms with Crippen LogP contribution in [0.2, 0.25) is 0 Å². The average Bonchev–Trinajstić information content (AvgIpc) is 3.31. The van der Waals surface area contributed by atoms with Gasteiger partial charge in [0.1, 0.15) is 30.1 Å². The molecule has 18 heteroatoms. The van der Waals surface area contributed by atoms with Gasteiger partial charge in [0.05, 0.1) is 24.4 Å². The lowest BCUT2D eigenvalue weighted by Gasteiger charge is -2.43. The van der Waals surface area contributed by atoms with Crippen LogP contribution in [-0.4, -0.2) is 154 Å². The van der Waals surface area contributed by atoms with E-state index in [4.69, 9.17) is 25.0 Å². The molecular weight excluding hydrogens is 901 g/mol. The number of fused-ring (bicyclic) bond motifs is 3. The van der Waals surface area contributed by atoms with Gasteiger partial charge < -0.3 is 49.8 Å². The topological polar surface area (TPSA) is 272 Å². The highest BCUT2D eigenvalue weighted by molar-refractivity contribution is 6.39. The molecule has 8 N–H and O–H groups in total. The molecule has 3 heterocycles. The fourth-order valence-electron chi connectivity index (χ4n) is 9.98. The van der Waals surface area contributed by atoms with E-state index in [1.807, 2.05) is 51.2 Å². The molecule has 0 aromatic rings. The molecule has 4 rings (SSSR count). The van der Waals surface area contributed by atoms with Crippen molar-refractivity contribution in [3.8, 4) is 0 Å². The molecule has 4 aliphatic rings. The largest absolute Gasteiger partial charge is 0.460 e. The highest BCUT2D eigenvalue weighted by Gasteiger charge is 2.53. The predicted octanol–water partition coefficient (Wildman–Crippen LogP) is 4.24. The molecule has 14 atom stereocenters. The Morgan fingerprint density at radius 3 is 2.31 bits per heavy atom. The molecular formula is C52H82N6O12. The van der Waals surface area contributed by atoms with Gasteiger partial charge in [-0.15, -0.1) is 0 Å². The van der Waals surface area contributed by atoms with Crippen LogP contribution in [0.25, 0.3) is 0 Å². The second-order valence-corrected chi connectivity index (χ2v) is 20.6. The Hall–Kier alpha value is -4.59. The summed E-state index contributed by atoms with van der Waals surface area (Å²) in [5, 5.41) is 66.7. The fourth-order valence-corrected chi connectivity index (χ4v) is 9.98. The molecule has 1 aliphatic carbocycles. The van der Waals surface area contributed by atoms with E-state index in [-0.39, 0.29) is 67.5 Å². The number of ether oxygens (including phenoxy) is 3. The molecule has 0 radical (unpaired) electrons. The first-order chi connectivity index (χ1) is 33.0. The van der Waals surface area contributed by atoms with Gasteiger partial charge in [-0.3, -0.25) is 35.3 Å². The molecule has 1 saturated carbocycles. The zero-order chi connectivity index (χ0) is 52.0. The van der Waals surface area contributed by atoms with Crippen LogP contribution in [0.15, 0.2) is 47.6 Å². The molecule has 70 heavy (non-hydrogen) atoms. The quantitative estimate of drug-likeness (QED) is 0.0629. The number of nitrogens with one attached hydrogen (secondary N) is 4. The summed E-state index contributed by atoms with van der Waals surface area (Å²) >= 11 is 0. The number of piperidine rings is 1. The number of nitrogens with zero attached hydrogens (tertiary/aromatic N) is 2. The van der Waals surface area contributed by atoms with Crippen LogP contribution in [0.3, 0.4) is 0 Å². The monoisotopic (exact) mass is 983 g/mol. The van der Waals surface area contributed by atoms with Crippen LogP contribution >= 0.6 is 0 Å². The van der Waals surface area contributed by atoms with Gasteiger partial charge in [0.2, 0.25) is 5.79 Å². The number of hydrogen-bond donors (Lipinski definition) is 8. The second-order valence-electron chi connectivity index (χ2n) is 20.6. The lowest BCUT2D eigenvalue weighted by Crippen LogP contribution is -2.61. The number of methoxy groups -OCH3 is 1. The van der Waals surface area contributed by atoms with Crippen molar-refractivity contribution < 1.29 is 58.6 Å². The van der Waals surface area contributed by atoms with E-state index >= 15 is 0 Å². The number of allylic oxidation sites excluding steroid dienone is 6. The number of guanidine groups is 2. The van der Waals surface area contributed by atoms with E-state index in [9.17, 15) is 44.4 Å².